The van der Waals surface area contributed by atoms with Gasteiger partial charge in [-0.3, -0.25) is 4.79 Å². The quantitative estimate of drug-likeness (QED) is 0.854. The number of benzene rings is 2. The van der Waals surface area contributed by atoms with Gasteiger partial charge >= 0.3 is 0 Å². The molecule has 0 saturated carbocycles. The van der Waals surface area contributed by atoms with Crippen LogP contribution in [-0.2, 0) is 15.1 Å². The molecule has 8 heteroatoms. The highest BCUT2D eigenvalue weighted by atomic mass is 35.5. The number of fused-ring (bicyclic) bond motifs is 1. The van der Waals surface area contributed by atoms with Gasteiger partial charge in [0.2, 0.25) is 11.7 Å². The van der Waals surface area contributed by atoms with Crippen LogP contribution in [0.15, 0.2) is 24.3 Å². The minimum Gasteiger partial charge on any atom is -0.493 e. The summed E-state index contributed by atoms with van der Waals surface area (Å²) in [7, 11) is 4.37. The molecule has 1 heterocycles. The Morgan fingerprint density at radius 3 is 2.48 bits per heavy atom. The number of methoxy groups -OCH3 is 3. The highest BCUT2D eigenvalue weighted by molar-refractivity contribution is 6.30. The lowest BCUT2D eigenvalue weighted by Gasteiger charge is -2.32. The van der Waals surface area contributed by atoms with E-state index in [2.05, 4.69) is 5.32 Å². The van der Waals surface area contributed by atoms with Gasteiger partial charge in [-0.2, -0.15) is 0 Å². The fourth-order valence-corrected chi connectivity index (χ4v) is 3.44. The SMILES string of the molecule is COc1cc2c(c(OC)c1OC)C(C)(c1cc(Cl)ccc1F)OCC(=O)N2. The van der Waals surface area contributed by atoms with Crippen molar-refractivity contribution in [3.05, 3.63) is 46.2 Å². The second-order valence-electron chi connectivity index (χ2n) is 6.06. The maximum atomic E-state index is 14.7. The first-order valence-electron chi connectivity index (χ1n) is 8.08. The minimum atomic E-state index is -1.38. The standard InChI is InChI=1S/C19H19ClFNO5/c1-19(11-7-10(20)5-6-12(11)21)16-13(22-15(23)9-27-19)8-14(24-2)17(25-3)18(16)26-4/h5-8H,9H2,1-4H3,(H,22,23). The van der Waals surface area contributed by atoms with Gasteiger partial charge in [0.15, 0.2) is 11.5 Å². The van der Waals surface area contributed by atoms with Crippen LogP contribution in [0.3, 0.4) is 0 Å². The zero-order chi connectivity index (χ0) is 19.8. The van der Waals surface area contributed by atoms with Crippen LogP contribution in [-0.4, -0.2) is 33.8 Å². The molecule has 1 aliphatic rings. The smallest absolute Gasteiger partial charge is 0.250 e. The van der Waals surface area contributed by atoms with Crippen molar-refractivity contribution in [2.45, 2.75) is 12.5 Å². The summed E-state index contributed by atoms with van der Waals surface area (Å²) in [6, 6.07) is 5.74. The lowest BCUT2D eigenvalue weighted by Crippen LogP contribution is -2.30. The van der Waals surface area contributed by atoms with E-state index in [0.717, 1.165) is 0 Å². The summed E-state index contributed by atoms with van der Waals surface area (Å²) < 4.78 is 37.0. The molecule has 0 saturated heterocycles. The molecular formula is C19H19ClFNO5. The van der Waals surface area contributed by atoms with E-state index in [-0.39, 0.29) is 17.9 Å². The topological polar surface area (TPSA) is 66.0 Å². The number of carbonyl (C=O) groups excluding carboxylic acids is 1. The molecular weight excluding hydrogens is 377 g/mol. The average Bonchev–Trinajstić information content (AvgIpc) is 2.78. The van der Waals surface area contributed by atoms with E-state index in [1.807, 2.05) is 0 Å². The maximum absolute atomic E-state index is 14.7. The molecule has 0 radical (unpaired) electrons. The summed E-state index contributed by atoms with van der Waals surface area (Å²) in [5.74, 6) is -0.0111. The Hall–Kier alpha value is -2.51. The van der Waals surface area contributed by atoms with Gasteiger partial charge in [0.05, 0.1) is 32.6 Å². The monoisotopic (exact) mass is 395 g/mol. The highest BCUT2D eigenvalue weighted by Gasteiger charge is 2.42. The molecule has 1 atom stereocenters. The van der Waals surface area contributed by atoms with Gasteiger partial charge in [0.25, 0.3) is 0 Å². The zero-order valence-corrected chi connectivity index (χ0v) is 16.1. The summed E-state index contributed by atoms with van der Waals surface area (Å²) in [5, 5.41) is 3.08. The second-order valence-corrected chi connectivity index (χ2v) is 6.50. The number of halogens is 2. The van der Waals surface area contributed by atoms with Crippen molar-refractivity contribution in [1.82, 2.24) is 0 Å². The molecule has 6 nitrogen and oxygen atoms in total. The highest BCUT2D eigenvalue weighted by Crippen LogP contribution is 2.52. The van der Waals surface area contributed by atoms with Gasteiger partial charge in [0.1, 0.15) is 18.0 Å². The average molecular weight is 396 g/mol. The van der Waals surface area contributed by atoms with Crippen LogP contribution >= 0.6 is 11.6 Å². The van der Waals surface area contributed by atoms with E-state index in [0.29, 0.717) is 27.8 Å². The Morgan fingerprint density at radius 1 is 1.15 bits per heavy atom. The Morgan fingerprint density at radius 2 is 1.85 bits per heavy atom. The molecule has 0 fully saturated rings. The normalized spacial score (nSPS) is 19.0. The van der Waals surface area contributed by atoms with E-state index in [9.17, 15) is 9.18 Å². The Bertz CT molecular complexity index is 904. The first-order valence-corrected chi connectivity index (χ1v) is 8.46. The third kappa shape index (κ3) is 3.17. The van der Waals surface area contributed by atoms with Crippen molar-refractivity contribution in [2.24, 2.45) is 0 Å². The lowest BCUT2D eigenvalue weighted by molar-refractivity contribution is -0.124. The zero-order valence-electron chi connectivity index (χ0n) is 15.3. The van der Waals surface area contributed by atoms with Gasteiger partial charge in [0, 0.05) is 16.7 Å². The molecule has 1 unspecified atom stereocenters. The molecule has 0 bridgehead atoms. The van der Waals surface area contributed by atoms with Crippen molar-refractivity contribution >= 4 is 23.2 Å². The maximum Gasteiger partial charge on any atom is 0.250 e. The molecule has 144 valence electrons. The van der Waals surface area contributed by atoms with Crippen molar-refractivity contribution in [3.63, 3.8) is 0 Å². The van der Waals surface area contributed by atoms with Gasteiger partial charge in [-0.05, 0) is 25.1 Å². The fourth-order valence-electron chi connectivity index (χ4n) is 3.27. The van der Waals surface area contributed by atoms with Crippen LogP contribution in [0.25, 0.3) is 0 Å². The van der Waals surface area contributed by atoms with Crippen molar-refractivity contribution < 1.29 is 28.1 Å². The number of amides is 1. The summed E-state index contributed by atoms with van der Waals surface area (Å²) in [4.78, 5) is 12.2. The number of hydrogen-bond donors (Lipinski definition) is 1. The van der Waals surface area contributed by atoms with Gasteiger partial charge in [-0.1, -0.05) is 11.6 Å². The molecule has 0 aromatic heterocycles. The summed E-state index contributed by atoms with van der Waals surface area (Å²) in [5.41, 5.74) is -0.448. The van der Waals surface area contributed by atoms with Crippen LogP contribution in [0.4, 0.5) is 10.1 Å². The molecule has 3 rings (SSSR count). The van der Waals surface area contributed by atoms with Crippen molar-refractivity contribution in [3.8, 4) is 17.2 Å². The van der Waals surface area contributed by atoms with Crippen LogP contribution in [0.1, 0.15) is 18.1 Å². The van der Waals surface area contributed by atoms with Gasteiger partial charge in [-0.15, -0.1) is 0 Å². The molecule has 2 aromatic rings. The first kappa shape index (κ1) is 19.3. The van der Waals surface area contributed by atoms with E-state index in [1.165, 1.54) is 39.5 Å². The molecule has 1 aliphatic heterocycles. The van der Waals surface area contributed by atoms with E-state index >= 15 is 0 Å². The molecule has 0 spiro atoms. The Balaban J connectivity index is 2.40. The van der Waals surface area contributed by atoms with E-state index in [1.54, 1.807) is 13.0 Å². The van der Waals surface area contributed by atoms with Crippen LogP contribution in [0, 0.1) is 5.82 Å². The lowest BCUT2D eigenvalue weighted by atomic mass is 9.85. The Labute approximate surface area is 161 Å². The second kappa shape index (κ2) is 7.25. The number of rotatable bonds is 4. The van der Waals surface area contributed by atoms with Crippen LogP contribution in [0.2, 0.25) is 5.02 Å². The fraction of sp³-hybridized carbons (Fsp3) is 0.316. The van der Waals surface area contributed by atoms with E-state index < -0.39 is 17.3 Å². The number of ether oxygens (including phenoxy) is 4. The summed E-state index contributed by atoms with van der Waals surface area (Å²) in [6.07, 6.45) is 0. The third-order valence-corrected chi connectivity index (χ3v) is 4.75. The number of carbonyl (C=O) groups is 1. The summed E-state index contributed by atoms with van der Waals surface area (Å²) in [6.45, 7) is 1.36. The molecule has 1 amide bonds. The first-order chi connectivity index (χ1) is 12.8. The van der Waals surface area contributed by atoms with Gasteiger partial charge < -0.3 is 24.3 Å². The summed E-state index contributed by atoms with van der Waals surface area (Å²) >= 11 is 6.09. The molecule has 1 N–H and O–H groups in total. The predicted octanol–water partition coefficient (Wildman–Crippen LogP) is 3.74. The van der Waals surface area contributed by atoms with E-state index in [4.69, 9.17) is 30.5 Å². The third-order valence-electron chi connectivity index (χ3n) is 4.52. The predicted molar refractivity (Wildman–Crippen MR) is 98.5 cm³/mol. The van der Waals surface area contributed by atoms with Crippen LogP contribution in [0.5, 0.6) is 17.2 Å². The van der Waals surface area contributed by atoms with Gasteiger partial charge in [-0.25, -0.2) is 4.39 Å². The van der Waals surface area contributed by atoms with Crippen molar-refractivity contribution in [1.29, 1.82) is 0 Å². The largest absolute Gasteiger partial charge is 0.493 e. The Kier molecular flexibility index (Phi) is 5.17. The molecule has 0 aliphatic carbocycles. The number of nitrogens with one attached hydrogen (secondary N) is 1. The van der Waals surface area contributed by atoms with Crippen LogP contribution < -0.4 is 19.5 Å². The van der Waals surface area contributed by atoms with Crippen molar-refractivity contribution in [2.75, 3.05) is 33.3 Å². The molecule has 27 heavy (non-hydrogen) atoms. The minimum absolute atomic E-state index is 0.165. The molecule has 2 aromatic carbocycles. The number of anilines is 1. The number of hydrogen-bond acceptors (Lipinski definition) is 5.